The first-order valence-corrected chi connectivity index (χ1v) is 7.96. The Bertz CT molecular complexity index is 871. The lowest BCUT2D eigenvalue weighted by atomic mass is 10.0. The van der Waals surface area contributed by atoms with E-state index in [-0.39, 0.29) is 11.6 Å². The van der Waals surface area contributed by atoms with E-state index in [9.17, 15) is 4.79 Å². The second-order valence-electron chi connectivity index (χ2n) is 5.94. The molecule has 2 aromatic heterocycles. The molecule has 1 aromatic carbocycles. The van der Waals surface area contributed by atoms with Crippen molar-refractivity contribution in [3.05, 3.63) is 59.6 Å². The summed E-state index contributed by atoms with van der Waals surface area (Å²) in [6.07, 6.45) is 1.53. The highest BCUT2D eigenvalue weighted by Crippen LogP contribution is 2.19. The summed E-state index contributed by atoms with van der Waals surface area (Å²) in [4.78, 5) is 20.6. The van der Waals surface area contributed by atoms with Gasteiger partial charge in [-0.3, -0.25) is 4.79 Å². The van der Waals surface area contributed by atoms with Crippen LogP contribution in [0.1, 0.15) is 41.6 Å². The fourth-order valence-electron chi connectivity index (χ4n) is 2.23. The smallest absolute Gasteiger partial charge is 0.275 e. The first-order valence-electron chi connectivity index (χ1n) is 7.96. The normalized spacial score (nSPS) is 10.7. The van der Waals surface area contributed by atoms with Gasteiger partial charge in [0.1, 0.15) is 11.5 Å². The molecule has 0 fully saturated rings. The number of rotatable bonds is 5. The summed E-state index contributed by atoms with van der Waals surface area (Å²) in [6, 6.07) is 11.2. The Morgan fingerprint density at radius 3 is 2.56 bits per heavy atom. The molecule has 0 unspecified atom stereocenters. The van der Waals surface area contributed by atoms with Crippen LogP contribution >= 0.6 is 0 Å². The Hall–Kier alpha value is -3.22. The van der Waals surface area contributed by atoms with Crippen molar-refractivity contribution in [1.82, 2.24) is 15.1 Å². The number of hydrogen-bond donors (Lipinski definition) is 2. The third kappa shape index (κ3) is 4.20. The molecule has 2 heterocycles. The predicted octanol–water partition coefficient (Wildman–Crippen LogP) is 3.89. The number of benzene rings is 1. The van der Waals surface area contributed by atoms with Crippen LogP contribution in [0.15, 0.2) is 47.1 Å². The van der Waals surface area contributed by atoms with Gasteiger partial charge in [-0.25, -0.2) is 9.97 Å². The van der Waals surface area contributed by atoms with Gasteiger partial charge in [-0.2, -0.15) is 0 Å². The molecule has 7 heteroatoms. The van der Waals surface area contributed by atoms with Crippen LogP contribution in [-0.4, -0.2) is 21.0 Å². The molecule has 7 nitrogen and oxygen atoms in total. The average Bonchev–Trinajstić information content (AvgIpc) is 3.00. The predicted molar refractivity (Wildman–Crippen MR) is 95.0 cm³/mol. The molecule has 0 saturated carbocycles. The number of aromatic nitrogens is 3. The maximum Gasteiger partial charge on any atom is 0.275 e. The fraction of sp³-hybridized carbons (Fsp3) is 0.222. The van der Waals surface area contributed by atoms with Crippen molar-refractivity contribution in [2.24, 2.45) is 0 Å². The third-order valence-electron chi connectivity index (χ3n) is 3.59. The van der Waals surface area contributed by atoms with Gasteiger partial charge in [0.2, 0.25) is 5.95 Å². The summed E-state index contributed by atoms with van der Waals surface area (Å²) < 4.78 is 4.92. The van der Waals surface area contributed by atoms with Gasteiger partial charge < -0.3 is 15.2 Å². The summed E-state index contributed by atoms with van der Waals surface area (Å²) in [6.45, 7) is 6.04. The first-order chi connectivity index (χ1) is 12.0. The number of amides is 1. The van der Waals surface area contributed by atoms with Crippen molar-refractivity contribution in [1.29, 1.82) is 0 Å². The van der Waals surface area contributed by atoms with Gasteiger partial charge in [0.25, 0.3) is 5.91 Å². The Morgan fingerprint density at radius 1 is 1.16 bits per heavy atom. The van der Waals surface area contributed by atoms with Crippen molar-refractivity contribution >= 4 is 23.4 Å². The molecule has 0 atom stereocenters. The minimum atomic E-state index is -0.381. The molecule has 0 aliphatic heterocycles. The lowest BCUT2D eigenvalue weighted by Gasteiger charge is -2.09. The van der Waals surface area contributed by atoms with Crippen LogP contribution < -0.4 is 10.6 Å². The molecule has 0 saturated heterocycles. The van der Waals surface area contributed by atoms with E-state index in [1.807, 2.05) is 12.1 Å². The van der Waals surface area contributed by atoms with Gasteiger partial charge in [-0.1, -0.05) is 31.1 Å². The minimum absolute atomic E-state index is 0.233. The van der Waals surface area contributed by atoms with Gasteiger partial charge in [0.15, 0.2) is 5.82 Å². The van der Waals surface area contributed by atoms with E-state index < -0.39 is 0 Å². The van der Waals surface area contributed by atoms with Crippen LogP contribution in [0, 0.1) is 6.92 Å². The Morgan fingerprint density at radius 2 is 1.92 bits per heavy atom. The van der Waals surface area contributed by atoms with Crippen LogP contribution in [0.4, 0.5) is 17.5 Å². The molecule has 0 radical (unpaired) electrons. The van der Waals surface area contributed by atoms with E-state index in [1.165, 1.54) is 17.8 Å². The highest BCUT2D eigenvalue weighted by atomic mass is 16.5. The zero-order chi connectivity index (χ0) is 17.8. The van der Waals surface area contributed by atoms with Crippen LogP contribution in [0.5, 0.6) is 0 Å². The van der Waals surface area contributed by atoms with Crippen molar-refractivity contribution in [2.75, 3.05) is 10.6 Å². The summed E-state index contributed by atoms with van der Waals surface area (Å²) in [5.74, 6) is 1.40. The van der Waals surface area contributed by atoms with Gasteiger partial charge in [-0.15, -0.1) is 0 Å². The van der Waals surface area contributed by atoms with E-state index in [1.54, 1.807) is 13.0 Å². The van der Waals surface area contributed by atoms with E-state index >= 15 is 0 Å². The number of nitrogens with zero attached hydrogens (tertiary/aromatic N) is 3. The second kappa shape index (κ2) is 7.12. The molecule has 2 N–H and O–H groups in total. The van der Waals surface area contributed by atoms with Gasteiger partial charge in [0.05, 0.1) is 0 Å². The van der Waals surface area contributed by atoms with E-state index in [0.29, 0.717) is 23.4 Å². The second-order valence-corrected chi connectivity index (χ2v) is 5.94. The molecule has 25 heavy (non-hydrogen) atoms. The highest BCUT2D eigenvalue weighted by Gasteiger charge is 2.11. The quantitative estimate of drug-likeness (QED) is 0.733. The molecule has 1 amide bonds. The van der Waals surface area contributed by atoms with Crippen molar-refractivity contribution in [2.45, 2.75) is 26.7 Å². The number of carbonyl (C=O) groups excluding carboxylic acids is 1. The van der Waals surface area contributed by atoms with Crippen molar-refractivity contribution in [3.8, 4) is 0 Å². The Kier molecular flexibility index (Phi) is 4.74. The number of hydrogen-bond acceptors (Lipinski definition) is 6. The number of anilines is 3. The van der Waals surface area contributed by atoms with Gasteiger partial charge in [-0.05, 0) is 36.6 Å². The maximum atomic E-state index is 12.2. The minimum Gasteiger partial charge on any atom is -0.360 e. The van der Waals surface area contributed by atoms with Crippen LogP contribution in [-0.2, 0) is 0 Å². The molecular weight excluding hydrogens is 318 g/mol. The van der Waals surface area contributed by atoms with Crippen LogP contribution in [0.25, 0.3) is 0 Å². The highest BCUT2D eigenvalue weighted by molar-refractivity contribution is 6.02. The molecule has 3 aromatic rings. The third-order valence-corrected chi connectivity index (χ3v) is 3.59. The molecule has 0 aliphatic rings. The summed E-state index contributed by atoms with van der Waals surface area (Å²) >= 11 is 0. The largest absolute Gasteiger partial charge is 0.360 e. The first kappa shape index (κ1) is 16.6. The van der Waals surface area contributed by atoms with Crippen molar-refractivity contribution in [3.63, 3.8) is 0 Å². The molecule has 0 aliphatic carbocycles. The van der Waals surface area contributed by atoms with Crippen LogP contribution in [0.2, 0.25) is 0 Å². The summed E-state index contributed by atoms with van der Waals surface area (Å²) in [5.41, 5.74) is 2.34. The summed E-state index contributed by atoms with van der Waals surface area (Å²) in [5, 5.41) is 9.45. The van der Waals surface area contributed by atoms with Crippen LogP contribution in [0.3, 0.4) is 0 Å². The number of aryl methyl sites for hydroxylation is 1. The molecule has 128 valence electrons. The molecule has 3 rings (SSSR count). The van der Waals surface area contributed by atoms with Gasteiger partial charge >= 0.3 is 0 Å². The monoisotopic (exact) mass is 337 g/mol. The summed E-state index contributed by atoms with van der Waals surface area (Å²) in [7, 11) is 0. The van der Waals surface area contributed by atoms with Crippen molar-refractivity contribution < 1.29 is 9.32 Å². The van der Waals surface area contributed by atoms with Gasteiger partial charge in [0, 0.05) is 18.0 Å². The van der Waals surface area contributed by atoms with E-state index in [0.717, 1.165) is 5.69 Å². The topological polar surface area (TPSA) is 92.9 Å². The molecular formula is C18H19N5O2. The SMILES string of the molecule is Cc1cc(NC(=O)c2ccnc(Nc3ccc(C(C)C)cc3)n2)no1. The van der Waals surface area contributed by atoms with E-state index in [4.69, 9.17) is 4.52 Å². The molecule has 0 bridgehead atoms. The number of carbonyl (C=O) groups is 1. The Balaban J connectivity index is 1.71. The standard InChI is InChI=1S/C18H19N5O2/c1-11(2)13-4-6-14(7-5-13)20-18-19-9-8-15(21-18)17(24)22-16-10-12(3)25-23-16/h4-11H,1-3H3,(H,19,20,21)(H,22,23,24). The lowest BCUT2D eigenvalue weighted by molar-refractivity contribution is 0.102. The zero-order valence-corrected chi connectivity index (χ0v) is 14.3. The maximum absolute atomic E-state index is 12.2. The fourth-order valence-corrected chi connectivity index (χ4v) is 2.23. The van der Waals surface area contributed by atoms with E-state index in [2.05, 4.69) is 51.7 Å². The molecule has 0 spiro atoms. The lowest BCUT2D eigenvalue weighted by Crippen LogP contribution is -2.15. The zero-order valence-electron chi connectivity index (χ0n) is 14.3. The average molecular weight is 337 g/mol. The Labute approximate surface area is 145 Å². The number of nitrogens with one attached hydrogen (secondary N) is 2.